The van der Waals surface area contributed by atoms with Crippen LogP contribution >= 0.6 is 12.2 Å². The lowest BCUT2D eigenvalue weighted by atomic mass is 10.2. The van der Waals surface area contributed by atoms with Crippen molar-refractivity contribution in [3.05, 3.63) is 58.0 Å². The first-order valence-electron chi connectivity index (χ1n) is 8.15. The molecule has 0 aliphatic heterocycles. The number of amides is 1. The second-order valence-electron chi connectivity index (χ2n) is 5.99. The number of furan rings is 1. The van der Waals surface area contributed by atoms with Crippen molar-refractivity contribution in [2.45, 2.75) is 20.5 Å². The van der Waals surface area contributed by atoms with Gasteiger partial charge < -0.3 is 14.5 Å². The lowest BCUT2D eigenvalue weighted by Crippen LogP contribution is -2.47. The van der Waals surface area contributed by atoms with E-state index in [2.05, 4.69) is 16.2 Å². The highest BCUT2D eigenvalue weighted by Crippen LogP contribution is 2.19. The molecule has 0 saturated heterocycles. The Bertz CT molecular complexity index is 804. The SMILES string of the molecule is CC(C)CNC(=S)NNC(=O)c1ccc(COc2ccc([N+](=O)[O-])cc2)o1. The van der Waals surface area contributed by atoms with Crippen molar-refractivity contribution in [3.8, 4) is 5.75 Å². The van der Waals surface area contributed by atoms with Gasteiger partial charge in [0.2, 0.25) is 0 Å². The lowest BCUT2D eigenvalue weighted by molar-refractivity contribution is -0.384. The van der Waals surface area contributed by atoms with Gasteiger partial charge in [-0.3, -0.25) is 25.8 Å². The van der Waals surface area contributed by atoms with E-state index in [0.29, 0.717) is 29.1 Å². The fourth-order valence-corrected chi connectivity index (χ4v) is 2.05. The Labute approximate surface area is 161 Å². The Morgan fingerprint density at radius 2 is 1.93 bits per heavy atom. The highest BCUT2D eigenvalue weighted by molar-refractivity contribution is 7.80. The van der Waals surface area contributed by atoms with Crippen LogP contribution in [0.5, 0.6) is 5.75 Å². The highest BCUT2D eigenvalue weighted by atomic mass is 32.1. The summed E-state index contributed by atoms with van der Waals surface area (Å²) in [6.07, 6.45) is 0. The van der Waals surface area contributed by atoms with Gasteiger partial charge in [-0.15, -0.1) is 0 Å². The van der Waals surface area contributed by atoms with E-state index >= 15 is 0 Å². The monoisotopic (exact) mass is 392 g/mol. The standard InChI is InChI=1S/C17H20N4O5S/c1-11(2)9-18-17(27)20-19-16(22)15-8-7-14(26-15)10-25-13-5-3-12(4-6-13)21(23)24/h3-8,11H,9-10H2,1-2H3,(H,19,22)(H2,18,20,27). The van der Waals surface area contributed by atoms with Gasteiger partial charge in [0, 0.05) is 18.7 Å². The van der Waals surface area contributed by atoms with Crippen molar-refractivity contribution in [1.29, 1.82) is 0 Å². The quantitative estimate of drug-likeness (QED) is 0.374. The molecule has 0 saturated carbocycles. The molecule has 3 N–H and O–H groups in total. The topological polar surface area (TPSA) is 119 Å². The minimum absolute atomic E-state index is 0.0207. The van der Waals surface area contributed by atoms with Gasteiger partial charge in [-0.25, -0.2) is 0 Å². The molecule has 0 aliphatic rings. The smallest absolute Gasteiger partial charge is 0.305 e. The summed E-state index contributed by atoms with van der Waals surface area (Å²) in [5.74, 6) is 0.913. The summed E-state index contributed by atoms with van der Waals surface area (Å²) in [4.78, 5) is 22.1. The average Bonchev–Trinajstić information content (AvgIpc) is 3.12. The number of carbonyl (C=O) groups excluding carboxylic acids is 1. The van der Waals surface area contributed by atoms with Crippen molar-refractivity contribution in [2.24, 2.45) is 5.92 Å². The van der Waals surface area contributed by atoms with Gasteiger partial charge in [0.1, 0.15) is 18.1 Å². The first-order chi connectivity index (χ1) is 12.8. The van der Waals surface area contributed by atoms with Crippen molar-refractivity contribution in [3.63, 3.8) is 0 Å². The van der Waals surface area contributed by atoms with Crippen molar-refractivity contribution >= 4 is 28.9 Å². The number of rotatable bonds is 7. The molecule has 0 atom stereocenters. The maximum atomic E-state index is 12.0. The maximum Gasteiger partial charge on any atom is 0.305 e. The zero-order chi connectivity index (χ0) is 19.8. The Kier molecular flexibility index (Phi) is 7.12. The first-order valence-corrected chi connectivity index (χ1v) is 8.56. The number of benzene rings is 1. The van der Waals surface area contributed by atoms with Crippen LogP contribution in [0.25, 0.3) is 0 Å². The predicted molar refractivity (Wildman–Crippen MR) is 102 cm³/mol. The number of nitrogens with zero attached hydrogens (tertiary/aromatic N) is 1. The van der Waals surface area contributed by atoms with Crippen LogP contribution in [0.1, 0.15) is 30.2 Å². The second-order valence-corrected chi connectivity index (χ2v) is 6.40. The molecule has 0 spiro atoms. The molecule has 1 heterocycles. The summed E-state index contributed by atoms with van der Waals surface area (Å²) in [7, 11) is 0. The molecule has 2 aromatic rings. The number of ether oxygens (including phenoxy) is 1. The molecule has 0 bridgehead atoms. The molecule has 10 heteroatoms. The minimum Gasteiger partial charge on any atom is -0.486 e. The molecule has 144 valence electrons. The minimum atomic E-state index is -0.487. The number of hydrogen-bond donors (Lipinski definition) is 3. The second kappa shape index (κ2) is 9.53. The summed E-state index contributed by atoms with van der Waals surface area (Å²) < 4.78 is 10.9. The van der Waals surface area contributed by atoms with E-state index < -0.39 is 10.8 Å². The number of nitro groups is 1. The number of carbonyl (C=O) groups is 1. The fraction of sp³-hybridized carbons (Fsp3) is 0.294. The number of hydrogen-bond acceptors (Lipinski definition) is 6. The third-order valence-electron chi connectivity index (χ3n) is 3.27. The molecule has 0 radical (unpaired) electrons. The zero-order valence-electron chi connectivity index (χ0n) is 14.9. The van der Waals surface area contributed by atoms with Gasteiger partial charge in [0.05, 0.1) is 4.92 Å². The van der Waals surface area contributed by atoms with E-state index in [1.165, 1.54) is 30.3 Å². The molecule has 9 nitrogen and oxygen atoms in total. The summed E-state index contributed by atoms with van der Waals surface area (Å²) in [5.41, 5.74) is 5.01. The van der Waals surface area contributed by atoms with Crippen LogP contribution in [0.2, 0.25) is 0 Å². The Hall–Kier alpha value is -3.14. The fourth-order valence-electron chi connectivity index (χ4n) is 1.91. The Balaban J connectivity index is 1.80. The normalized spacial score (nSPS) is 10.3. The number of nitrogens with one attached hydrogen (secondary N) is 3. The number of nitro benzene ring substituents is 1. The van der Waals surface area contributed by atoms with E-state index in [0.717, 1.165) is 0 Å². The Morgan fingerprint density at radius 3 is 2.56 bits per heavy atom. The van der Waals surface area contributed by atoms with Gasteiger partial charge in [0.15, 0.2) is 10.9 Å². The molecule has 0 unspecified atom stereocenters. The van der Waals surface area contributed by atoms with Gasteiger partial charge in [-0.05, 0) is 42.4 Å². The van der Waals surface area contributed by atoms with Crippen LogP contribution in [0.15, 0.2) is 40.8 Å². The van der Waals surface area contributed by atoms with Crippen LogP contribution in [0.4, 0.5) is 5.69 Å². The van der Waals surface area contributed by atoms with Crippen LogP contribution in [0.3, 0.4) is 0 Å². The maximum absolute atomic E-state index is 12.0. The Morgan fingerprint density at radius 1 is 1.22 bits per heavy atom. The average molecular weight is 392 g/mol. The van der Waals surface area contributed by atoms with Crippen molar-refractivity contribution < 1.29 is 18.9 Å². The van der Waals surface area contributed by atoms with Crippen LogP contribution in [0, 0.1) is 16.0 Å². The third-order valence-corrected chi connectivity index (χ3v) is 3.52. The number of thiocarbonyl (C=S) groups is 1. The largest absolute Gasteiger partial charge is 0.486 e. The molecule has 0 fully saturated rings. The van der Waals surface area contributed by atoms with Gasteiger partial charge in [-0.1, -0.05) is 13.8 Å². The summed E-state index contributed by atoms with van der Waals surface area (Å²) in [6.45, 7) is 4.84. The third kappa shape index (κ3) is 6.59. The number of non-ortho nitro benzene ring substituents is 1. The van der Waals surface area contributed by atoms with E-state index in [-0.39, 0.29) is 18.1 Å². The van der Waals surface area contributed by atoms with E-state index in [9.17, 15) is 14.9 Å². The zero-order valence-corrected chi connectivity index (χ0v) is 15.7. The van der Waals surface area contributed by atoms with Crippen LogP contribution in [-0.2, 0) is 6.61 Å². The van der Waals surface area contributed by atoms with Gasteiger partial charge in [-0.2, -0.15) is 0 Å². The van der Waals surface area contributed by atoms with Gasteiger partial charge >= 0.3 is 5.91 Å². The highest BCUT2D eigenvalue weighted by Gasteiger charge is 2.12. The molecular weight excluding hydrogens is 372 g/mol. The first kappa shape index (κ1) is 20.2. The van der Waals surface area contributed by atoms with Crippen LogP contribution in [-0.4, -0.2) is 22.5 Å². The molecular formula is C17H20N4O5S. The predicted octanol–water partition coefficient (Wildman–Crippen LogP) is 2.53. The summed E-state index contributed by atoms with van der Waals surface area (Å²) in [5, 5.41) is 13.9. The van der Waals surface area contributed by atoms with Crippen LogP contribution < -0.4 is 20.9 Å². The molecule has 1 aromatic carbocycles. The summed E-state index contributed by atoms with van der Waals surface area (Å²) >= 11 is 5.04. The number of hydrazine groups is 1. The molecule has 2 rings (SSSR count). The molecule has 1 amide bonds. The van der Waals surface area contributed by atoms with E-state index in [1.807, 2.05) is 13.8 Å². The molecule has 27 heavy (non-hydrogen) atoms. The molecule has 0 aliphatic carbocycles. The molecule has 1 aromatic heterocycles. The lowest BCUT2D eigenvalue weighted by Gasteiger charge is -2.12. The summed E-state index contributed by atoms with van der Waals surface area (Å²) in [6, 6.07) is 8.79. The van der Waals surface area contributed by atoms with Crippen molar-refractivity contribution in [2.75, 3.05) is 6.54 Å². The van der Waals surface area contributed by atoms with Gasteiger partial charge in [0.25, 0.3) is 5.69 Å². The van der Waals surface area contributed by atoms with E-state index in [4.69, 9.17) is 21.4 Å². The van der Waals surface area contributed by atoms with Crippen molar-refractivity contribution in [1.82, 2.24) is 16.2 Å². The van der Waals surface area contributed by atoms with E-state index in [1.54, 1.807) is 6.07 Å².